The molecular weight excluding hydrogens is 435 g/mol. The van der Waals surface area contributed by atoms with Crippen molar-refractivity contribution in [1.82, 2.24) is 4.98 Å². The highest BCUT2D eigenvalue weighted by Gasteiger charge is 2.33. The van der Waals surface area contributed by atoms with Crippen molar-refractivity contribution in [2.45, 2.75) is 19.0 Å². The zero-order valence-corrected chi connectivity index (χ0v) is 17.7. The van der Waals surface area contributed by atoms with Crippen molar-refractivity contribution in [1.29, 1.82) is 0 Å². The lowest BCUT2D eigenvalue weighted by Gasteiger charge is -2.32. The van der Waals surface area contributed by atoms with Gasteiger partial charge in [0.25, 0.3) is 0 Å². The lowest BCUT2D eigenvalue weighted by Crippen LogP contribution is -2.38. The van der Waals surface area contributed by atoms with Crippen molar-refractivity contribution in [3.05, 3.63) is 47.1 Å². The summed E-state index contributed by atoms with van der Waals surface area (Å²) < 4.78 is 48.8. The molecule has 0 atom stereocenters. The lowest BCUT2D eigenvalue weighted by atomic mass is 9.95. The Balaban J connectivity index is 1.52. The predicted octanol–water partition coefficient (Wildman–Crippen LogP) is 4.63. The molecule has 0 radical (unpaired) electrons. The summed E-state index contributed by atoms with van der Waals surface area (Å²) in [7, 11) is 1.60. The molecule has 3 rings (SSSR count). The molecule has 1 saturated heterocycles. The maximum atomic E-state index is 12.8. The van der Waals surface area contributed by atoms with Gasteiger partial charge in [-0.2, -0.15) is 13.2 Å². The monoisotopic (exact) mass is 457 g/mol. The van der Waals surface area contributed by atoms with E-state index in [2.05, 4.69) is 10.3 Å². The molecule has 10 heteroatoms. The van der Waals surface area contributed by atoms with Crippen LogP contribution in [0, 0.1) is 5.92 Å². The van der Waals surface area contributed by atoms with E-state index in [1.54, 1.807) is 36.3 Å². The minimum Gasteiger partial charge on any atom is -0.491 e. The second-order valence-electron chi connectivity index (χ2n) is 7.14. The summed E-state index contributed by atoms with van der Waals surface area (Å²) in [6, 6.07) is 7.95. The minimum atomic E-state index is -4.49. The molecule has 2 aromatic rings. The Morgan fingerprint density at radius 1 is 1.23 bits per heavy atom. The van der Waals surface area contributed by atoms with E-state index in [1.807, 2.05) is 0 Å². The van der Waals surface area contributed by atoms with Gasteiger partial charge in [-0.3, -0.25) is 4.79 Å². The minimum absolute atomic E-state index is 0.0504. The van der Waals surface area contributed by atoms with Crippen LogP contribution >= 0.6 is 11.6 Å². The number of rotatable bonds is 7. The van der Waals surface area contributed by atoms with Gasteiger partial charge in [0, 0.05) is 38.0 Å². The second kappa shape index (κ2) is 10.2. The largest absolute Gasteiger partial charge is 0.491 e. The van der Waals surface area contributed by atoms with E-state index in [4.69, 9.17) is 21.1 Å². The maximum absolute atomic E-state index is 12.8. The van der Waals surface area contributed by atoms with Crippen LogP contribution in [0.3, 0.4) is 0 Å². The molecule has 0 aliphatic carbocycles. The lowest BCUT2D eigenvalue weighted by molar-refractivity contribution is -0.137. The highest BCUT2D eigenvalue weighted by molar-refractivity contribution is 6.33. The molecule has 1 amide bonds. The summed E-state index contributed by atoms with van der Waals surface area (Å²) >= 11 is 6.03. The number of carbonyl (C=O) groups is 1. The maximum Gasteiger partial charge on any atom is 0.417 e. The Bertz CT molecular complexity index is 886. The van der Waals surface area contributed by atoms with Crippen LogP contribution in [0.15, 0.2) is 36.5 Å². The average Bonchev–Trinajstić information content (AvgIpc) is 2.74. The predicted molar refractivity (Wildman–Crippen MR) is 112 cm³/mol. The number of methoxy groups -OCH3 is 1. The number of carbonyl (C=O) groups excluding carboxylic acids is 1. The molecule has 1 fully saturated rings. The zero-order chi connectivity index (χ0) is 22.4. The molecule has 31 heavy (non-hydrogen) atoms. The highest BCUT2D eigenvalue weighted by atomic mass is 35.5. The van der Waals surface area contributed by atoms with Crippen molar-refractivity contribution in [2.24, 2.45) is 5.92 Å². The van der Waals surface area contributed by atoms with E-state index in [-0.39, 0.29) is 16.8 Å². The van der Waals surface area contributed by atoms with Crippen LogP contribution in [0.2, 0.25) is 5.02 Å². The number of amides is 1. The number of alkyl halides is 3. The van der Waals surface area contributed by atoms with Crippen LogP contribution < -0.4 is 15.0 Å². The van der Waals surface area contributed by atoms with Gasteiger partial charge in [0.05, 0.1) is 17.2 Å². The number of pyridine rings is 1. The third-order valence-electron chi connectivity index (χ3n) is 4.99. The molecule has 1 aromatic carbocycles. The van der Waals surface area contributed by atoms with Crippen molar-refractivity contribution in [2.75, 3.05) is 43.6 Å². The van der Waals surface area contributed by atoms with E-state index in [0.717, 1.165) is 12.3 Å². The number of halogens is 4. The van der Waals surface area contributed by atoms with Gasteiger partial charge in [0.1, 0.15) is 18.2 Å². The van der Waals surface area contributed by atoms with Gasteiger partial charge in [-0.1, -0.05) is 11.6 Å². The highest BCUT2D eigenvalue weighted by Crippen LogP contribution is 2.34. The number of hydrogen-bond acceptors (Lipinski definition) is 5. The molecule has 2 heterocycles. The Kier molecular flexibility index (Phi) is 7.61. The number of anilines is 2. The fraction of sp³-hybridized carbons (Fsp3) is 0.429. The van der Waals surface area contributed by atoms with E-state index < -0.39 is 11.7 Å². The summed E-state index contributed by atoms with van der Waals surface area (Å²) in [6.07, 6.45) is -2.62. The SMILES string of the molecule is COCCOc1ccc(NC(=O)C2CCN(c3ncc(C(F)(F)F)cc3Cl)CC2)cc1. The molecule has 0 saturated carbocycles. The van der Waals surface area contributed by atoms with Crippen molar-refractivity contribution < 1.29 is 27.4 Å². The van der Waals surface area contributed by atoms with Crippen LogP contribution in [0.4, 0.5) is 24.7 Å². The summed E-state index contributed by atoms with van der Waals surface area (Å²) in [6.45, 7) is 1.88. The quantitative estimate of drug-likeness (QED) is 0.614. The second-order valence-corrected chi connectivity index (χ2v) is 7.55. The normalized spacial score (nSPS) is 15.1. The van der Waals surface area contributed by atoms with Gasteiger partial charge in [0.2, 0.25) is 5.91 Å². The van der Waals surface area contributed by atoms with Crippen LogP contribution in [0.5, 0.6) is 5.75 Å². The van der Waals surface area contributed by atoms with Gasteiger partial charge in [-0.25, -0.2) is 4.98 Å². The van der Waals surface area contributed by atoms with Crippen LogP contribution in [0.1, 0.15) is 18.4 Å². The van der Waals surface area contributed by atoms with E-state index >= 15 is 0 Å². The fourth-order valence-electron chi connectivity index (χ4n) is 3.29. The van der Waals surface area contributed by atoms with Crippen molar-refractivity contribution in [3.8, 4) is 5.75 Å². The fourth-order valence-corrected chi connectivity index (χ4v) is 3.58. The first kappa shape index (κ1) is 23.1. The molecule has 1 aromatic heterocycles. The van der Waals surface area contributed by atoms with Gasteiger partial charge < -0.3 is 19.7 Å². The Labute approximate surface area is 183 Å². The van der Waals surface area contributed by atoms with Crippen molar-refractivity contribution >= 4 is 29.0 Å². The van der Waals surface area contributed by atoms with Gasteiger partial charge in [0.15, 0.2) is 0 Å². The summed E-state index contributed by atoms with van der Waals surface area (Å²) in [5.41, 5.74) is -0.218. The first-order valence-electron chi connectivity index (χ1n) is 9.78. The summed E-state index contributed by atoms with van der Waals surface area (Å²) in [4.78, 5) is 18.3. The third-order valence-corrected chi connectivity index (χ3v) is 5.27. The number of piperidine rings is 1. The summed E-state index contributed by atoms with van der Waals surface area (Å²) in [5.74, 6) is 0.683. The molecule has 6 nitrogen and oxygen atoms in total. The standard InChI is InChI=1S/C21H23ClF3N3O3/c1-30-10-11-31-17-4-2-16(3-5-17)27-20(29)14-6-8-28(9-7-14)19-18(22)12-15(13-26-19)21(23,24)25/h2-5,12-14H,6-11H2,1H3,(H,27,29). The number of nitrogens with one attached hydrogen (secondary N) is 1. The number of nitrogens with zero attached hydrogens (tertiary/aromatic N) is 2. The van der Waals surface area contributed by atoms with E-state index in [9.17, 15) is 18.0 Å². The zero-order valence-electron chi connectivity index (χ0n) is 16.9. The molecule has 0 bridgehead atoms. The third kappa shape index (κ3) is 6.24. The van der Waals surface area contributed by atoms with Gasteiger partial charge >= 0.3 is 6.18 Å². The van der Waals surface area contributed by atoms with Crippen molar-refractivity contribution in [3.63, 3.8) is 0 Å². The average molecular weight is 458 g/mol. The smallest absolute Gasteiger partial charge is 0.417 e. The summed E-state index contributed by atoms with van der Waals surface area (Å²) in [5, 5.41) is 2.84. The molecule has 0 spiro atoms. The first-order valence-corrected chi connectivity index (χ1v) is 10.2. The molecule has 168 valence electrons. The topological polar surface area (TPSA) is 63.7 Å². The first-order chi connectivity index (χ1) is 14.8. The van der Waals surface area contributed by atoms with Crippen LogP contribution in [-0.2, 0) is 15.7 Å². The number of benzene rings is 1. The van der Waals surface area contributed by atoms with E-state index in [0.29, 0.717) is 56.4 Å². The molecule has 0 unspecified atom stereocenters. The number of hydrogen-bond donors (Lipinski definition) is 1. The molecule has 1 aliphatic heterocycles. The molecule has 1 aliphatic rings. The number of ether oxygens (including phenoxy) is 2. The Morgan fingerprint density at radius 3 is 2.48 bits per heavy atom. The van der Waals surface area contributed by atoms with Crippen LogP contribution in [-0.4, -0.2) is 44.3 Å². The number of aromatic nitrogens is 1. The Morgan fingerprint density at radius 2 is 1.90 bits per heavy atom. The Hall–Kier alpha value is -2.52. The van der Waals surface area contributed by atoms with Gasteiger partial charge in [-0.05, 0) is 43.2 Å². The van der Waals surface area contributed by atoms with E-state index in [1.165, 1.54) is 0 Å². The molecular formula is C21H23ClF3N3O3. The van der Waals surface area contributed by atoms with Crippen LogP contribution in [0.25, 0.3) is 0 Å². The molecule has 1 N–H and O–H groups in total. The van der Waals surface area contributed by atoms with Gasteiger partial charge in [-0.15, -0.1) is 0 Å².